The molecule has 2 fully saturated rings. The van der Waals surface area contributed by atoms with Crippen LogP contribution in [0.2, 0.25) is 0 Å². The van der Waals surface area contributed by atoms with Crippen molar-refractivity contribution in [3.8, 4) is 0 Å². The summed E-state index contributed by atoms with van der Waals surface area (Å²) in [5, 5.41) is 11.7. The molecule has 8 heteroatoms. The van der Waals surface area contributed by atoms with Crippen LogP contribution in [0.3, 0.4) is 0 Å². The Morgan fingerprint density at radius 3 is 2.62 bits per heavy atom. The molecule has 2 N–H and O–H groups in total. The summed E-state index contributed by atoms with van der Waals surface area (Å²) in [6, 6.07) is -0.578. The first-order valence-electron chi connectivity index (χ1n) is 6.99. The van der Waals surface area contributed by atoms with Crippen molar-refractivity contribution < 1.29 is 24.3 Å². The number of nitrogens with one attached hydrogen (secondary N) is 1. The molecule has 2 aliphatic rings. The molecule has 0 spiro atoms. The third-order valence-corrected chi connectivity index (χ3v) is 4.12. The number of rotatable bonds is 5. The molecule has 0 aromatic rings. The topological polar surface area (TPSA) is 107 Å². The van der Waals surface area contributed by atoms with Crippen molar-refractivity contribution in [3.05, 3.63) is 0 Å². The lowest BCUT2D eigenvalue weighted by molar-refractivity contribution is -0.149. The normalized spacial score (nSPS) is 25.4. The first-order chi connectivity index (χ1) is 9.89. The second-order valence-corrected chi connectivity index (χ2v) is 5.54. The van der Waals surface area contributed by atoms with Gasteiger partial charge in [-0.05, 0) is 12.8 Å². The molecule has 0 saturated carbocycles. The highest BCUT2D eigenvalue weighted by Crippen LogP contribution is 2.35. The molecule has 2 rings (SSSR count). The molecule has 21 heavy (non-hydrogen) atoms. The molecule has 1 atom stereocenters. The Kier molecular flexibility index (Phi) is 4.15. The van der Waals surface area contributed by atoms with E-state index in [2.05, 4.69) is 5.32 Å². The maximum atomic E-state index is 12.2. The molecular weight excluding hydrogens is 278 g/mol. The van der Waals surface area contributed by atoms with Gasteiger partial charge in [-0.25, -0.2) is 4.79 Å². The number of carbonyl (C=O) groups is 4. The molecule has 0 aliphatic carbocycles. The van der Waals surface area contributed by atoms with Crippen LogP contribution in [-0.4, -0.2) is 64.9 Å². The predicted octanol–water partition coefficient (Wildman–Crippen LogP) is -0.358. The summed E-state index contributed by atoms with van der Waals surface area (Å²) >= 11 is 0. The minimum Gasteiger partial charge on any atom is -0.481 e. The molecule has 116 valence electrons. The quantitative estimate of drug-likeness (QED) is 0.674. The lowest BCUT2D eigenvalue weighted by atomic mass is 9.83. The van der Waals surface area contributed by atoms with Crippen molar-refractivity contribution in [2.45, 2.75) is 26.2 Å². The number of aliphatic carboxylic acids is 1. The van der Waals surface area contributed by atoms with Gasteiger partial charge in [0.25, 0.3) is 5.91 Å². The van der Waals surface area contributed by atoms with Gasteiger partial charge in [-0.2, -0.15) is 0 Å². The standard InChI is InChI=1S/C13H19N3O5/c1-2-3-13(11(19)20)4-5-15(8-13)10(18)7-16-9(17)6-14-12(16)21/h2-8H2,1H3,(H,14,21)(H,19,20). The van der Waals surface area contributed by atoms with Crippen molar-refractivity contribution >= 4 is 23.8 Å². The molecule has 1 unspecified atom stereocenters. The van der Waals surface area contributed by atoms with E-state index < -0.39 is 23.3 Å². The molecule has 2 heterocycles. The average Bonchev–Trinajstić information content (AvgIpc) is 2.99. The molecule has 0 aromatic heterocycles. The van der Waals surface area contributed by atoms with E-state index in [0.29, 0.717) is 19.4 Å². The molecule has 2 aliphatic heterocycles. The average molecular weight is 297 g/mol. The van der Waals surface area contributed by atoms with E-state index in [9.17, 15) is 24.3 Å². The second-order valence-electron chi connectivity index (χ2n) is 5.54. The van der Waals surface area contributed by atoms with Gasteiger partial charge in [0.2, 0.25) is 5.91 Å². The summed E-state index contributed by atoms with van der Waals surface area (Å²) in [6.07, 6.45) is 1.64. The monoisotopic (exact) mass is 297 g/mol. The first-order valence-corrected chi connectivity index (χ1v) is 6.99. The maximum absolute atomic E-state index is 12.2. The van der Waals surface area contributed by atoms with Gasteiger partial charge in [0.15, 0.2) is 0 Å². The number of nitrogens with zero attached hydrogens (tertiary/aromatic N) is 2. The minimum atomic E-state index is -0.901. The highest BCUT2D eigenvalue weighted by atomic mass is 16.4. The number of imide groups is 1. The van der Waals surface area contributed by atoms with Crippen molar-refractivity contribution in [1.29, 1.82) is 0 Å². The van der Waals surface area contributed by atoms with Gasteiger partial charge in [-0.1, -0.05) is 13.3 Å². The van der Waals surface area contributed by atoms with Gasteiger partial charge in [0.1, 0.15) is 6.54 Å². The number of amides is 4. The third-order valence-electron chi connectivity index (χ3n) is 4.12. The van der Waals surface area contributed by atoms with E-state index in [-0.39, 0.29) is 25.5 Å². The molecule has 0 bridgehead atoms. The molecule has 0 radical (unpaired) electrons. The van der Waals surface area contributed by atoms with Gasteiger partial charge >= 0.3 is 12.0 Å². The summed E-state index contributed by atoms with van der Waals surface area (Å²) in [5.74, 6) is -1.72. The predicted molar refractivity (Wildman–Crippen MR) is 71.3 cm³/mol. The molecule has 0 aromatic carbocycles. The van der Waals surface area contributed by atoms with Gasteiger partial charge < -0.3 is 15.3 Å². The summed E-state index contributed by atoms with van der Waals surface area (Å²) in [5.41, 5.74) is -0.901. The Morgan fingerprint density at radius 2 is 2.10 bits per heavy atom. The van der Waals surface area contributed by atoms with E-state index in [0.717, 1.165) is 11.3 Å². The SMILES string of the molecule is CCCC1(C(=O)O)CCN(C(=O)CN2C(=O)CNC2=O)C1. The Balaban J connectivity index is 2.00. The van der Waals surface area contributed by atoms with Crippen LogP contribution >= 0.6 is 0 Å². The highest BCUT2D eigenvalue weighted by Gasteiger charge is 2.46. The smallest absolute Gasteiger partial charge is 0.325 e. The Hall–Kier alpha value is -2.12. The van der Waals surface area contributed by atoms with E-state index in [1.807, 2.05) is 6.92 Å². The second kappa shape index (κ2) is 5.71. The van der Waals surface area contributed by atoms with E-state index in [4.69, 9.17) is 0 Å². The van der Waals surface area contributed by atoms with Crippen molar-refractivity contribution in [2.75, 3.05) is 26.2 Å². The fourth-order valence-electron chi connectivity index (χ4n) is 2.90. The van der Waals surface area contributed by atoms with Gasteiger partial charge in [-0.3, -0.25) is 19.3 Å². The lowest BCUT2D eigenvalue weighted by Gasteiger charge is -2.25. The van der Waals surface area contributed by atoms with Crippen LogP contribution in [0.25, 0.3) is 0 Å². The number of hydrogen-bond donors (Lipinski definition) is 2. The number of hydrogen-bond acceptors (Lipinski definition) is 4. The number of carbonyl (C=O) groups excluding carboxylic acids is 3. The van der Waals surface area contributed by atoms with Crippen LogP contribution in [0.15, 0.2) is 0 Å². The summed E-state index contributed by atoms with van der Waals surface area (Å²) in [4.78, 5) is 48.8. The van der Waals surface area contributed by atoms with Gasteiger partial charge in [0.05, 0.1) is 12.0 Å². The Labute approximate surface area is 122 Å². The summed E-state index contributed by atoms with van der Waals surface area (Å²) in [6.45, 7) is 1.96. The maximum Gasteiger partial charge on any atom is 0.325 e. The zero-order chi connectivity index (χ0) is 15.6. The lowest BCUT2D eigenvalue weighted by Crippen LogP contribution is -2.43. The molecule has 8 nitrogen and oxygen atoms in total. The fraction of sp³-hybridized carbons (Fsp3) is 0.692. The Morgan fingerprint density at radius 1 is 1.38 bits per heavy atom. The van der Waals surface area contributed by atoms with Crippen molar-refractivity contribution in [2.24, 2.45) is 5.41 Å². The van der Waals surface area contributed by atoms with Crippen LogP contribution in [0, 0.1) is 5.41 Å². The van der Waals surface area contributed by atoms with E-state index in [1.54, 1.807) is 0 Å². The molecule has 2 saturated heterocycles. The fourth-order valence-corrected chi connectivity index (χ4v) is 2.90. The number of likely N-dealkylation sites (tertiary alicyclic amines) is 1. The largest absolute Gasteiger partial charge is 0.481 e. The van der Waals surface area contributed by atoms with Gasteiger partial charge in [-0.15, -0.1) is 0 Å². The van der Waals surface area contributed by atoms with Crippen LogP contribution in [0.5, 0.6) is 0 Å². The summed E-state index contributed by atoms with van der Waals surface area (Å²) in [7, 11) is 0. The van der Waals surface area contributed by atoms with Gasteiger partial charge in [0, 0.05) is 13.1 Å². The van der Waals surface area contributed by atoms with Crippen LogP contribution in [-0.2, 0) is 14.4 Å². The molecular formula is C13H19N3O5. The van der Waals surface area contributed by atoms with E-state index >= 15 is 0 Å². The Bertz CT molecular complexity index is 476. The third kappa shape index (κ3) is 2.84. The van der Waals surface area contributed by atoms with Crippen molar-refractivity contribution in [1.82, 2.24) is 15.1 Å². The van der Waals surface area contributed by atoms with Crippen LogP contribution in [0.1, 0.15) is 26.2 Å². The molecule has 4 amide bonds. The van der Waals surface area contributed by atoms with Crippen LogP contribution in [0.4, 0.5) is 4.79 Å². The number of urea groups is 1. The summed E-state index contributed by atoms with van der Waals surface area (Å²) < 4.78 is 0. The minimum absolute atomic E-state index is 0.0962. The zero-order valence-corrected chi connectivity index (χ0v) is 11.9. The number of carboxylic acid groups (broad SMARTS) is 1. The zero-order valence-electron chi connectivity index (χ0n) is 11.9. The van der Waals surface area contributed by atoms with Crippen molar-refractivity contribution in [3.63, 3.8) is 0 Å². The first kappa shape index (κ1) is 15.3. The highest BCUT2D eigenvalue weighted by molar-refractivity contribution is 6.04. The van der Waals surface area contributed by atoms with Crippen LogP contribution < -0.4 is 5.32 Å². The van der Waals surface area contributed by atoms with E-state index in [1.165, 1.54) is 4.90 Å². The number of carboxylic acids is 1.